The van der Waals surface area contributed by atoms with Crippen molar-refractivity contribution in [2.24, 2.45) is 0 Å². The van der Waals surface area contributed by atoms with Gasteiger partial charge in [0.05, 0.1) is 12.7 Å². The average molecular weight is 327 g/mol. The van der Waals surface area contributed by atoms with Crippen LogP contribution in [0, 0.1) is 0 Å². The van der Waals surface area contributed by atoms with Gasteiger partial charge in [-0.15, -0.1) is 0 Å². The zero-order valence-corrected chi connectivity index (χ0v) is 12.6. The Hall–Kier alpha value is -1.91. The molecule has 0 fully saturated rings. The second kappa shape index (κ2) is 6.70. The number of carboxylic acid groups (broad SMARTS) is 1. The Morgan fingerprint density at radius 2 is 1.90 bits per heavy atom. The Kier molecular flexibility index (Phi) is 4.94. The number of carboxylic acids is 1. The lowest BCUT2D eigenvalue weighted by Crippen LogP contribution is -2.01. The van der Waals surface area contributed by atoms with Gasteiger partial charge in [0.15, 0.2) is 11.5 Å². The average Bonchev–Trinajstić information content (AvgIpc) is 2.46. The summed E-state index contributed by atoms with van der Waals surface area (Å²) >= 11 is 11.9. The maximum atomic E-state index is 10.9. The van der Waals surface area contributed by atoms with Crippen LogP contribution < -0.4 is 9.47 Å². The van der Waals surface area contributed by atoms with Crippen LogP contribution in [0.15, 0.2) is 36.4 Å². The molecule has 0 spiro atoms. The summed E-state index contributed by atoms with van der Waals surface area (Å²) < 4.78 is 10.8. The van der Waals surface area contributed by atoms with Crippen LogP contribution in [0.4, 0.5) is 0 Å². The molecule has 21 heavy (non-hydrogen) atoms. The molecule has 110 valence electrons. The monoisotopic (exact) mass is 326 g/mol. The quantitative estimate of drug-likeness (QED) is 0.890. The van der Waals surface area contributed by atoms with Gasteiger partial charge in [-0.25, -0.2) is 4.79 Å². The molecule has 1 N–H and O–H groups in total. The molecule has 0 aliphatic rings. The summed E-state index contributed by atoms with van der Waals surface area (Å²) in [5.41, 5.74) is 0.897. The van der Waals surface area contributed by atoms with E-state index in [1.165, 1.54) is 19.2 Å². The molecule has 0 aliphatic heterocycles. The number of halogens is 2. The number of hydrogen-bond donors (Lipinski definition) is 1. The van der Waals surface area contributed by atoms with Gasteiger partial charge < -0.3 is 14.6 Å². The number of hydrogen-bond acceptors (Lipinski definition) is 3. The Morgan fingerprint density at radius 3 is 2.52 bits per heavy atom. The number of rotatable bonds is 5. The van der Waals surface area contributed by atoms with Crippen LogP contribution in [-0.4, -0.2) is 18.2 Å². The van der Waals surface area contributed by atoms with Gasteiger partial charge >= 0.3 is 5.97 Å². The first-order valence-electron chi connectivity index (χ1n) is 5.99. The molecule has 2 rings (SSSR count). The zero-order chi connectivity index (χ0) is 15.4. The van der Waals surface area contributed by atoms with Gasteiger partial charge in [0, 0.05) is 15.6 Å². The minimum atomic E-state index is -1.03. The summed E-state index contributed by atoms with van der Waals surface area (Å²) in [7, 11) is 1.45. The third-order valence-electron chi connectivity index (χ3n) is 2.81. The van der Waals surface area contributed by atoms with Gasteiger partial charge in [-0.3, -0.25) is 0 Å². The molecule has 0 aliphatic carbocycles. The van der Waals surface area contributed by atoms with E-state index < -0.39 is 5.97 Å². The maximum Gasteiger partial charge on any atom is 0.335 e. The van der Waals surface area contributed by atoms with Crippen molar-refractivity contribution in [2.45, 2.75) is 6.61 Å². The lowest BCUT2D eigenvalue weighted by molar-refractivity contribution is 0.0696. The van der Waals surface area contributed by atoms with Crippen LogP contribution in [0.2, 0.25) is 10.0 Å². The summed E-state index contributed by atoms with van der Waals surface area (Å²) in [6.45, 7) is 0.221. The lowest BCUT2D eigenvalue weighted by Gasteiger charge is -2.12. The molecule has 0 saturated heterocycles. The van der Waals surface area contributed by atoms with Crippen LogP contribution in [0.5, 0.6) is 11.5 Å². The topological polar surface area (TPSA) is 55.8 Å². The summed E-state index contributed by atoms with van der Waals surface area (Å²) in [5.74, 6) is -0.242. The first-order chi connectivity index (χ1) is 10.0. The van der Waals surface area contributed by atoms with E-state index in [0.29, 0.717) is 21.5 Å². The second-order valence-electron chi connectivity index (χ2n) is 4.20. The molecule has 0 saturated carbocycles. The van der Waals surface area contributed by atoms with Crippen molar-refractivity contribution in [3.05, 3.63) is 57.6 Å². The van der Waals surface area contributed by atoms with Crippen LogP contribution in [-0.2, 0) is 6.61 Å². The first kappa shape index (κ1) is 15.5. The van der Waals surface area contributed by atoms with E-state index in [4.69, 9.17) is 37.8 Å². The van der Waals surface area contributed by atoms with Crippen molar-refractivity contribution in [3.63, 3.8) is 0 Å². The van der Waals surface area contributed by atoms with E-state index in [1.54, 1.807) is 24.3 Å². The third-order valence-corrected chi connectivity index (χ3v) is 3.40. The minimum absolute atomic E-state index is 0.128. The molecule has 0 atom stereocenters. The van der Waals surface area contributed by atoms with Crippen molar-refractivity contribution in [3.8, 4) is 11.5 Å². The SMILES string of the molecule is COc1cc(C(=O)O)ccc1OCc1ccc(Cl)cc1Cl. The van der Waals surface area contributed by atoms with Gasteiger partial charge in [0.1, 0.15) is 6.61 Å². The molecule has 0 heterocycles. The Morgan fingerprint density at radius 1 is 1.14 bits per heavy atom. The molecule has 0 unspecified atom stereocenters. The molecular weight excluding hydrogens is 315 g/mol. The second-order valence-corrected chi connectivity index (χ2v) is 5.04. The standard InChI is InChI=1S/C15H12Cl2O4/c1-20-14-6-9(15(18)19)3-5-13(14)21-8-10-2-4-11(16)7-12(10)17/h2-7H,8H2,1H3,(H,18,19). The van der Waals surface area contributed by atoms with E-state index in [-0.39, 0.29) is 12.2 Å². The van der Waals surface area contributed by atoms with E-state index in [0.717, 1.165) is 5.56 Å². The molecule has 4 nitrogen and oxygen atoms in total. The Balaban J connectivity index is 2.17. The number of aromatic carboxylic acids is 1. The van der Waals surface area contributed by atoms with Gasteiger partial charge in [0.25, 0.3) is 0 Å². The third kappa shape index (κ3) is 3.80. The van der Waals surface area contributed by atoms with Crippen molar-refractivity contribution in [2.75, 3.05) is 7.11 Å². The van der Waals surface area contributed by atoms with Crippen LogP contribution in [0.1, 0.15) is 15.9 Å². The van der Waals surface area contributed by atoms with Crippen molar-refractivity contribution in [1.82, 2.24) is 0 Å². The summed E-state index contributed by atoms with van der Waals surface area (Å²) in [4.78, 5) is 10.9. The van der Waals surface area contributed by atoms with Crippen LogP contribution in [0.3, 0.4) is 0 Å². The molecule has 2 aromatic carbocycles. The van der Waals surface area contributed by atoms with Crippen molar-refractivity contribution >= 4 is 29.2 Å². The van der Waals surface area contributed by atoms with Gasteiger partial charge in [0.2, 0.25) is 0 Å². The van der Waals surface area contributed by atoms with Gasteiger partial charge in [-0.05, 0) is 30.3 Å². The predicted octanol–water partition coefficient (Wildman–Crippen LogP) is 4.28. The summed E-state index contributed by atoms with van der Waals surface area (Å²) in [6, 6.07) is 9.52. The normalized spacial score (nSPS) is 10.2. The van der Waals surface area contributed by atoms with Crippen LogP contribution >= 0.6 is 23.2 Å². The van der Waals surface area contributed by atoms with E-state index in [9.17, 15) is 4.79 Å². The number of carbonyl (C=O) groups is 1. The fraction of sp³-hybridized carbons (Fsp3) is 0.133. The smallest absolute Gasteiger partial charge is 0.335 e. The number of ether oxygens (including phenoxy) is 2. The minimum Gasteiger partial charge on any atom is -0.493 e. The van der Waals surface area contributed by atoms with Crippen molar-refractivity contribution in [1.29, 1.82) is 0 Å². The molecule has 0 radical (unpaired) electrons. The lowest BCUT2D eigenvalue weighted by atomic mass is 10.2. The highest BCUT2D eigenvalue weighted by Gasteiger charge is 2.11. The van der Waals surface area contributed by atoms with E-state index >= 15 is 0 Å². The van der Waals surface area contributed by atoms with E-state index in [1.807, 2.05) is 0 Å². The van der Waals surface area contributed by atoms with Crippen LogP contribution in [0.25, 0.3) is 0 Å². The highest BCUT2D eigenvalue weighted by Crippen LogP contribution is 2.30. The highest BCUT2D eigenvalue weighted by atomic mass is 35.5. The Labute approximate surface area is 131 Å². The largest absolute Gasteiger partial charge is 0.493 e. The van der Waals surface area contributed by atoms with E-state index in [2.05, 4.69) is 0 Å². The fourth-order valence-electron chi connectivity index (χ4n) is 1.71. The van der Waals surface area contributed by atoms with Gasteiger partial charge in [-0.2, -0.15) is 0 Å². The molecule has 0 amide bonds. The summed E-state index contributed by atoms with van der Waals surface area (Å²) in [6.07, 6.45) is 0. The first-order valence-corrected chi connectivity index (χ1v) is 6.75. The maximum absolute atomic E-state index is 10.9. The molecule has 6 heteroatoms. The molecular formula is C15H12Cl2O4. The predicted molar refractivity (Wildman–Crippen MR) is 80.7 cm³/mol. The highest BCUT2D eigenvalue weighted by molar-refractivity contribution is 6.35. The Bertz CT molecular complexity index is 671. The number of methoxy groups -OCH3 is 1. The zero-order valence-electron chi connectivity index (χ0n) is 11.1. The van der Waals surface area contributed by atoms with Gasteiger partial charge in [-0.1, -0.05) is 29.3 Å². The fourth-order valence-corrected chi connectivity index (χ4v) is 2.18. The summed E-state index contributed by atoms with van der Waals surface area (Å²) in [5, 5.41) is 9.99. The molecule has 0 aromatic heterocycles. The molecule has 0 bridgehead atoms. The van der Waals surface area contributed by atoms with Crippen molar-refractivity contribution < 1.29 is 19.4 Å². The number of benzene rings is 2. The molecule has 2 aromatic rings.